The molecule has 0 radical (unpaired) electrons. The Morgan fingerprint density at radius 3 is 2.74 bits per heavy atom. The number of amides is 1. The maximum Gasteiger partial charge on any atom is 0.254 e. The smallest absolute Gasteiger partial charge is 0.254 e. The first-order chi connectivity index (χ1) is 10.9. The molecule has 0 spiro atoms. The number of likely N-dealkylation sites (tertiary alicyclic amines) is 1. The molecule has 3 rings (SSSR count). The third-order valence-electron chi connectivity index (χ3n) is 3.79. The van der Waals surface area contributed by atoms with Gasteiger partial charge in [0.1, 0.15) is 0 Å². The minimum atomic E-state index is -3.37. The minimum absolute atomic E-state index is 0.0474. The summed E-state index contributed by atoms with van der Waals surface area (Å²) in [7, 11) is -3.37. The number of hydrogen-bond donors (Lipinski definition) is 0. The number of hydrogen-bond acceptors (Lipinski definition) is 5. The Labute approximate surface area is 139 Å². The van der Waals surface area contributed by atoms with Gasteiger partial charge in [-0.3, -0.25) is 9.78 Å². The predicted molar refractivity (Wildman–Crippen MR) is 88.6 cm³/mol. The number of carbonyl (C=O) groups excluding carboxylic acids is 1. The number of sulfonamides is 1. The molecule has 1 aliphatic rings. The second kappa shape index (κ2) is 6.38. The Kier molecular flexibility index (Phi) is 4.47. The van der Waals surface area contributed by atoms with E-state index in [9.17, 15) is 13.2 Å². The van der Waals surface area contributed by atoms with Gasteiger partial charge in [0.15, 0.2) is 0 Å². The molecule has 1 aliphatic heterocycles. The highest BCUT2D eigenvalue weighted by molar-refractivity contribution is 7.88. The highest BCUT2D eigenvalue weighted by Gasteiger charge is 2.39. The molecule has 1 amide bonds. The van der Waals surface area contributed by atoms with Crippen molar-refractivity contribution in [2.24, 2.45) is 0 Å². The van der Waals surface area contributed by atoms with E-state index in [1.54, 1.807) is 34.7 Å². The Morgan fingerprint density at radius 1 is 1.39 bits per heavy atom. The highest BCUT2D eigenvalue weighted by atomic mass is 32.2. The quantitative estimate of drug-likeness (QED) is 0.817. The van der Waals surface area contributed by atoms with E-state index in [4.69, 9.17) is 0 Å². The van der Waals surface area contributed by atoms with Crippen molar-refractivity contribution in [3.63, 3.8) is 0 Å². The fourth-order valence-electron chi connectivity index (χ4n) is 2.54. The molecule has 0 saturated carbocycles. The Morgan fingerprint density at radius 2 is 2.17 bits per heavy atom. The Hall–Kier alpha value is -1.77. The number of thiophene rings is 1. The maximum absolute atomic E-state index is 12.2. The van der Waals surface area contributed by atoms with Crippen LogP contribution in [0.5, 0.6) is 0 Å². The first-order valence-corrected chi connectivity index (χ1v) is 9.92. The molecule has 0 atom stereocenters. The molecule has 1 saturated heterocycles. The molecule has 6 nitrogen and oxygen atoms in total. The SMILES string of the molecule is CS(=O)(=O)N(Cc1ccccn1)C1CN(C(=O)c2ccsc2)C1. The zero-order chi connectivity index (χ0) is 16.4. The minimum Gasteiger partial charge on any atom is -0.335 e. The summed E-state index contributed by atoms with van der Waals surface area (Å²) in [4.78, 5) is 18.1. The second-order valence-electron chi connectivity index (χ2n) is 5.51. The van der Waals surface area contributed by atoms with Crippen LogP contribution in [-0.4, -0.2) is 53.9 Å². The fraction of sp³-hybridized carbons (Fsp3) is 0.333. The molecule has 2 aromatic rings. The standard InChI is InChI=1S/C15H17N3O3S2/c1-23(20,21)18(8-13-4-2-3-6-16-13)14-9-17(10-14)15(19)12-5-7-22-11-12/h2-7,11,14H,8-10H2,1H3. The van der Waals surface area contributed by atoms with Gasteiger partial charge >= 0.3 is 0 Å². The van der Waals surface area contributed by atoms with Crippen molar-refractivity contribution in [2.45, 2.75) is 12.6 Å². The van der Waals surface area contributed by atoms with Crippen LogP contribution in [-0.2, 0) is 16.6 Å². The third kappa shape index (κ3) is 3.60. The van der Waals surface area contributed by atoms with E-state index in [-0.39, 0.29) is 18.5 Å². The van der Waals surface area contributed by atoms with Crippen LogP contribution in [0.15, 0.2) is 41.2 Å². The van der Waals surface area contributed by atoms with Gasteiger partial charge in [0.25, 0.3) is 5.91 Å². The normalized spacial score (nSPS) is 15.7. The Balaban J connectivity index is 1.68. The van der Waals surface area contributed by atoms with Crippen molar-refractivity contribution >= 4 is 27.3 Å². The molecule has 122 valence electrons. The lowest BCUT2D eigenvalue weighted by molar-refractivity contribution is 0.0443. The summed E-state index contributed by atoms with van der Waals surface area (Å²) in [6, 6.07) is 7.00. The molecule has 0 aromatic carbocycles. The van der Waals surface area contributed by atoms with Gasteiger partial charge in [-0.2, -0.15) is 15.6 Å². The molecule has 3 heterocycles. The van der Waals surface area contributed by atoms with Crippen molar-refractivity contribution in [3.05, 3.63) is 52.5 Å². The van der Waals surface area contributed by atoms with Crippen LogP contribution in [0.3, 0.4) is 0 Å². The van der Waals surface area contributed by atoms with Gasteiger partial charge in [-0.15, -0.1) is 0 Å². The van der Waals surface area contributed by atoms with Crippen molar-refractivity contribution in [1.29, 1.82) is 0 Å². The molecule has 0 N–H and O–H groups in total. The van der Waals surface area contributed by atoms with E-state index < -0.39 is 10.0 Å². The summed E-state index contributed by atoms with van der Waals surface area (Å²) in [6.45, 7) is 1.05. The maximum atomic E-state index is 12.2. The first kappa shape index (κ1) is 16.1. The van der Waals surface area contributed by atoms with Gasteiger partial charge in [0.2, 0.25) is 10.0 Å². The lowest BCUT2D eigenvalue weighted by Crippen LogP contribution is -2.61. The van der Waals surface area contributed by atoms with Crippen LogP contribution < -0.4 is 0 Å². The largest absolute Gasteiger partial charge is 0.335 e. The van der Waals surface area contributed by atoms with Crippen LogP contribution in [0.2, 0.25) is 0 Å². The van der Waals surface area contributed by atoms with E-state index in [1.165, 1.54) is 21.9 Å². The molecule has 2 aromatic heterocycles. The molecule has 23 heavy (non-hydrogen) atoms. The van der Waals surface area contributed by atoms with E-state index in [1.807, 2.05) is 11.4 Å². The number of nitrogens with zero attached hydrogens (tertiary/aromatic N) is 3. The summed E-state index contributed by atoms with van der Waals surface area (Å²) < 4.78 is 25.6. The number of pyridine rings is 1. The van der Waals surface area contributed by atoms with E-state index >= 15 is 0 Å². The number of carbonyl (C=O) groups is 1. The molecule has 0 aliphatic carbocycles. The predicted octanol–water partition coefficient (Wildman–Crippen LogP) is 1.43. The van der Waals surface area contributed by atoms with Crippen LogP contribution in [0, 0.1) is 0 Å². The van der Waals surface area contributed by atoms with Gasteiger partial charge in [-0.25, -0.2) is 8.42 Å². The summed E-state index contributed by atoms with van der Waals surface area (Å²) in [5, 5.41) is 3.66. The van der Waals surface area contributed by atoms with E-state index in [0.717, 1.165) is 0 Å². The first-order valence-electron chi connectivity index (χ1n) is 7.13. The summed E-state index contributed by atoms with van der Waals surface area (Å²) >= 11 is 1.47. The lowest BCUT2D eigenvalue weighted by Gasteiger charge is -2.44. The zero-order valence-corrected chi connectivity index (χ0v) is 14.3. The van der Waals surface area contributed by atoms with Crippen LogP contribution >= 0.6 is 11.3 Å². The van der Waals surface area contributed by atoms with Crippen LogP contribution in [0.1, 0.15) is 16.1 Å². The van der Waals surface area contributed by atoms with Crippen molar-refractivity contribution in [2.75, 3.05) is 19.3 Å². The fourth-order valence-corrected chi connectivity index (χ4v) is 4.21. The van der Waals surface area contributed by atoms with Crippen molar-refractivity contribution < 1.29 is 13.2 Å². The van der Waals surface area contributed by atoms with Gasteiger partial charge in [-0.05, 0) is 23.6 Å². The zero-order valence-electron chi connectivity index (χ0n) is 12.6. The number of aromatic nitrogens is 1. The van der Waals surface area contributed by atoms with Crippen LogP contribution in [0.4, 0.5) is 0 Å². The lowest BCUT2D eigenvalue weighted by atomic mass is 10.1. The van der Waals surface area contributed by atoms with Gasteiger partial charge in [0.05, 0.1) is 30.1 Å². The summed E-state index contributed by atoms with van der Waals surface area (Å²) in [5.41, 5.74) is 1.35. The summed E-state index contributed by atoms with van der Waals surface area (Å²) in [5.74, 6) is -0.0474. The van der Waals surface area contributed by atoms with Crippen molar-refractivity contribution in [1.82, 2.24) is 14.2 Å². The molecule has 1 fully saturated rings. The second-order valence-corrected chi connectivity index (χ2v) is 8.22. The van der Waals surface area contributed by atoms with E-state index in [2.05, 4.69) is 4.98 Å². The van der Waals surface area contributed by atoms with Gasteiger partial charge in [0, 0.05) is 24.7 Å². The topological polar surface area (TPSA) is 70.6 Å². The van der Waals surface area contributed by atoms with Gasteiger partial charge < -0.3 is 4.90 Å². The monoisotopic (exact) mass is 351 g/mol. The van der Waals surface area contributed by atoms with Crippen LogP contribution in [0.25, 0.3) is 0 Å². The van der Waals surface area contributed by atoms with E-state index in [0.29, 0.717) is 24.3 Å². The number of rotatable bonds is 5. The summed E-state index contributed by atoms with van der Waals surface area (Å²) in [6.07, 6.45) is 2.84. The average molecular weight is 351 g/mol. The average Bonchev–Trinajstić information content (AvgIpc) is 2.98. The molecule has 8 heteroatoms. The van der Waals surface area contributed by atoms with Gasteiger partial charge in [-0.1, -0.05) is 6.07 Å². The molecular weight excluding hydrogens is 334 g/mol. The molecular formula is C15H17N3O3S2. The highest BCUT2D eigenvalue weighted by Crippen LogP contribution is 2.22. The third-order valence-corrected chi connectivity index (χ3v) is 5.76. The Bertz CT molecular complexity index is 770. The molecule has 0 bridgehead atoms. The molecule has 0 unspecified atom stereocenters. The van der Waals surface area contributed by atoms with Crippen molar-refractivity contribution in [3.8, 4) is 0 Å².